The molecule has 1 aliphatic rings. The van der Waals surface area contributed by atoms with Gasteiger partial charge >= 0.3 is 6.21 Å². The first-order valence-corrected chi connectivity index (χ1v) is 3.75. The fraction of sp³-hybridized carbons (Fsp3) is 0.500. The van der Waals surface area contributed by atoms with E-state index in [1.54, 1.807) is 0 Å². The molecule has 1 aliphatic carbocycles. The minimum atomic E-state index is -0.160. The molecule has 0 fully saturated rings. The van der Waals surface area contributed by atoms with Gasteiger partial charge in [0.2, 0.25) is 0 Å². The quantitative estimate of drug-likeness (QED) is 0.333. The van der Waals surface area contributed by atoms with Crippen LogP contribution < -0.4 is 0 Å². The Kier molecular flexibility index (Phi) is 2.75. The van der Waals surface area contributed by atoms with E-state index in [1.165, 1.54) is 0 Å². The Morgan fingerprint density at radius 3 is 3.00 bits per heavy atom. The molecule has 3 heteroatoms. The largest absolute Gasteiger partial charge is 0.361 e. The summed E-state index contributed by atoms with van der Waals surface area (Å²) in [4.78, 5) is 13.7. The molecule has 0 saturated carbocycles. The van der Waals surface area contributed by atoms with Crippen LogP contribution in [0.2, 0.25) is 0 Å². The molecule has 3 nitrogen and oxygen atoms in total. The zero-order valence-corrected chi connectivity index (χ0v) is 6.29. The molecule has 0 radical (unpaired) electrons. The van der Waals surface area contributed by atoms with Crippen LogP contribution in [0.1, 0.15) is 25.7 Å². The van der Waals surface area contributed by atoms with E-state index >= 15 is 0 Å². The first-order chi connectivity index (χ1) is 5.34. The number of Topliss-reactive ketones (excluding diaryl/α,β-unsaturated/α-hetero) is 1. The van der Waals surface area contributed by atoms with Crippen molar-refractivity contribution >= 4 is 12.0 Å². The summed E-state index contributed by atoms with van der Waals surface area (Å²) < 4.78 is 0. The van der Waals surface area contributed by atoms with Crippen LogP contribution in [0.5, 0.6) is 0 Å². The maximum absolute atomic E-state index is 11.0. The van der Waals surface area contributed by atoms with Crippen LogP contribution in [0.3, 0.4) is 0 Å². The highest BCUT2D eigenvalue weighted by atomic mass is 16.1. The molecule has 0 heterocycles. The molecule has 1 rings (SSSR count). The van der Waals surface area contributed by atoms with Crippen molar-refractivity contribution in [3.8, 4) is 0 Å². The minimum absolute atomic E-state index is 0.160. The predicted molar refractivity (Wildman–Crippen MR) is 41.2 cm³/mol. The average Bonchev–Trinajstić information content (AvgIpc) is 2.07. The third-order valence-electron chi connectivity index (χ3n) is 1.78. The van der Waals surface area contributed by atoms with E-state index in [0.29, 0.717) is 0 Å². The Hall–Kier alpha value is -1.21. The molecule has 0 aromatic carbocycles. The van der Waals surface area contributed by atoms with Gasteiger partial charge in [-0.2, -0.15) is 4.79 Å². The van der Waals surface area contributed by atoms with E-state index < -0.39 is 0 Å². The van der Waals surface area contributed by atoms with Crippen LogP contribution >= 0.6 is 0 Å². The topological polar surface area (TPSA) is 53.5 Å². The molecule has 0 amide bonds. The molecule has 0 aliphatic heterocycles. The van der Waals surface area contributed by atoms with Gasteiger partial charge < -0.3 is 5.53 Å². The molecule has 0 spiro atoms. The van der Waals surface area contributed by atoms with E-state index in [-0.39, 0.29) is 5.78 Å². The van der Waals surface area contributed by atoms with Crippen molar-refractivity contribution in [2.45, 2.75) is 25.7 Å². The molecule has 0 bridgehead atoms. The molecule has 0 saturated heterocycles. The van der Waals surface area contributed by atoms with E-state index in [9.17, 15) is 4.79 Å². The van der Waals surface area contributed by atoms with Crippen molar-refractivity contribution in [2.24, 2.45) is 0 Å². The third kappa shape index (κ3) is 2.13. The van der Waals surface area contributed by atoms with Crippen molar-refractivity contribution in [1.29, 1.82) is 0 Å². The first kappa shape index (κ1) is 7.89. The predicted octanol–water partition coefficient (Wildman–Crippen LogP) is 1.36. The van der Waals surface area contributed by atoms with Crippen LogP contribution in [0.15, 0.2) is 11.6 Å². The highest BCUT2D eigenvalue weighted by Crippen LogP contribution is 2.16. The Morgan fingerprint density at radius 1 is 1.64 bits per heavy atom. The number of carbonyl (C=O) groups is 1. The Morgan fingerprint density at radius 2 is 2.45 bits per heavy atom. The number of hydrogen-bond donors (Lipinski definition) is 0. The van der Waals surface area contributed by atoms with Crippen LogP contribution in [0.25, 0.3) is 5.53 Å². The summed E-state index contributed by atoms with van der Waals surface area (Å²) in [6.45, 7) is 0. The van der Waals surface area contributed by atoms with Gasteiger partial charge in [-0.15, -0.1) is 0 Å². The van der Waals surface area contributed by atoms with Gasteiger partial charge in [0.25, 0.3) is 5.78 Å². The molecule has 11 heavy (non-hydrogen) atoms. The van der Waals surface area contributed by atoms with E-state index in [0.717, 1.165) is 37.5 Å². The smallest absolute Gasteiger partial charge is 0.327 e. The van der Waals surface area contributed by atoms with E-state index in [4.69, 9.17) is 5.53 Å². The van der Waals surface area contributed by atoms with Crippen LogP contribution in [-0.2, 0) is 4.79 Å². The van der Waals surface area contributed by atoms with Crippen molar-refractivity contribution < 1.29 is 9.58 Å². The summed E-state index contributed by atoms with van der Waals surface area (Å²) in [5, 5.41) is 0. The van der Waals surface area contributed by atoms with Gasteiger partial charge in [-0.1, -0.05) is 6.08 Å². The lowest BCUT2D eigenvalue weighted by atomic mass is 9.97. The summed E-state index contributed by atoms with van der Waals surface area (Å²) in [7, 11) is 0. The highest BCUT2D eigenvalue weighted by molar-refractivity contribution is 6.33. The number of ketones is 1. The van der Waals surface area contributed by atoms with Crippen molar-refractivity contribution in [3.63, 3.8) is 0 Å². The van der Waals surface area contributed by atoms with Gasteiger partial charge in [-0.25, -0.2) is 0 Å². The molecule has 0 unspecified atom stereocenters. The second-order valence-corrected chi connectivity index (χ2v) is 2.58. The summed E-state index contributed by atoms with van der Waals surface area (Å²) in [5.74, 6) is -0.160. The molecule has 0 aromatic heterocycles. The van der Waals surface area contributed by atoms with Crippen molar-refractivity contribution in [3.05, 3.63) is 17.2 Å². The SMILES string of the molecule is [N-]=[N+]=CC(=O)C1=CCCCC1. The lowest BCUT2D eigenvalue weighted by Crippen LogP contribution is -2.06. The maximum Gasteiger partial charge on any atom is 0.327 e. The Balaban J connectivity index is 2.65. The summed E-state index contributed by atoms with van der Waals surface area (Å²) in [5.41, 5.74) is 8.87. The zero-order chi connectivity index (χ0) is 8.10. The fourth-order valence-electron chi connectivity index (χ4n) is 1.20. The summed E-state index contributed by atoms with van der Waals surface area (Å²) >= 11 is 0. The molecular weight excluding hydrogens is 140 g/mol. The fourth-order valence-corrected chi connectivity index (χ4v) is 1.20. The number of allylic oxidation sites excluding steroid dienone is 2. The Labute approximate surface area is 65.3 Å². The van der Waals surface area contributed by atoms with Gasteiger partial charge in [0.1, 0.15) is 0 Å². The molecule has 0 atom stereocenters. The second kappa shape index (κ2) is 3.84. The van der Waals surface area contributed by atoms with Gasteiger partial charge in [0.05, 0.1) is 0 Å². The minimum Gasteiger partial charge on any atom is -0.361 e. The zero-order valence-electron chi connectivity index (χ0n) is 6.29. The number of carbonyl (C=O) groups excluding carboxylic acids is 1. The van der Waals surface area contributed by atoms with Crippen LogP contribution in [-0.4, -0.2) is 16.8 Å². The van der Waals surface area contributed by atoms with Crippen molar-refractivity contribution in [2.75, 3.05) is 0 Å². The highest BCUT2D eigenvalue weighted by Gasteiger charge is 2.12. The second-order valence-electron chi connectivity index (χ2n) is 2.58. The molecule has 58 valence electrons. The van der Waals surface area contributed by atoms with E-state index in [2.05, 4.69) is 4.79 Å². The van der Waals surface area contributed by atoms with Crippen molar-refractivity contribution in [1.82, 2.24) is 0 Å². The van der Waals surface area contributed by atoms with Crippen LogP contribution in [0, 0.1) is 0 Å². The molecule has 0 aromatic rings. The number of nitrogens with zero attached hydrogens (tertiary/aromatic N) is 2. The first-order valence-electron chi connectivity index (χ1n) is 3.75. The lowest BCUT2D eigenvalue weighted by molar-refractivity contribution is -0.113. The van der Waals surface area contributed by atoms with Crippen LogP contribution in [0.4, 0.5) is 0 Å². The summed E-state index contributed by atoms with van der Waals surface area (Å²) in [6, 6.07) is 0. The van der Waals surface area contributed by atoms with Gasteiger partial charge in [0, 0.05) is 5.57 Å². The monoisotopic (exact) mass is 150 g/mol. The standard InChI is InChI=1S/C8H10N2O/c9-10-6-8(11)7-4-2-1-3-5-7/h4,6H,1-3,5H2. The lowest BCUT2D eigenvalue weighted by Gasteiger charge is -2.06. The van der Waals surface area contributed by atoms with Gasteiger partial charge in [-0.3, -0.25) is 4.79 Å². The van der Waals surface area contributed by atoms with Gasteiger partial charge in [0.15, 0.2) is 0 Å². The normalized spacial score (nSPS) is 16.5. The molecule has 0 N–H and O–H groups in total. The maximum atomic E-state index is 11.0. The third-order valence-corrected chi connectivity index (χ3v) is 1.78. The average molecular weight is 150 g/mol. The molecular formula is C8H10N2O. The summed E-state index contributed by atoms with van der Waals surface area (Å²) in [6.07, 6.45) is 6.90. The number of rotatable bonds is 2. The number of hydrogen-bond acceptors (Lipinski definition) is 1. The van der Waals surface area contributed by atoms with E-state index in [1.807, 2.05) is 6.08 Å². The van der Waals surface area contributed by atoms with Gasteiger partial charge in [-0.05, 0) is 25.7 Å². The Bertz CT molecular complexity index is 236.